The van der Waals surface area contributed by atoms with Crippen molar-refractivity contribution < 1.29 is 14.3 Å². The Morgan fingerprint density at radius 2 is 2.04 bits per heavy atom. The van der Waals surface area contributed by atoms with Crippen molar-refractivity contribution >= 4 is 23.6 Å². The van der Waals surface area contributed by atoms with Gasteiger partial charge in [-0.05, 0) is 41.5 Å². The highest BCUT2D eigenvalue weighted by molar-refractivity contribution is 6.30. The van der Waals surface area contributed by atoms with Gasteiger partial charge in [0.2, 0.25) is 5.91 Å². The fraction of sp³-hybridized carbons (Fsp3) is 0.190. The van der Waals surface area contributed by atoms with E-state index < -0.39 is 0 Å². The lowest BCUT2D eigenvalue weighted by molar-refractivity contribution is -0.115. The lowest BCUT2D eigenvalue weighted by Gasteiger charge is -2.18. The molecule has 0 bridgehead atoms. The Kier molecular flexibility index (Phi) is 5.39. The van der Waals surface area contributed by atoms with Gasteiger partial charge in [0.15, 0.2) is 11.5 Å². The average Bonchev–Trinajstić information content (AvgIpc) is 3.13. The second-order valence-electron chi connectivity index (χ2n) is 6.48. The minimum atomic E-state index is -0.210. The van der Waals surface area contributed by atoms with E-state index in [-0.39, 0.29) is 5.91 Å². The lowest BCUT2D eigenvalue weighted by Crippen LogP contribution is -2.28. The normalized spacial score (nSPS) is 15.3. The Hall–Kier alpha value is -3.12. The molecule has 0 unspecified atom stereocenters. The van der Waals surface area contributed by atoms with Crippen LogP contribution in [-0.4, -0.2) is 30.7 Å². The molecule has 4 rings (SSSR count). The van der Waals surface area contributed by atoms with Crippen LogP contribution >= 0.6 is 11.6 Å². The van der Waals surface area contributed by atoms with Crippen LogP contribution < -0.4 is 20.1 Å². The summed E-state index contributed by atoms with van der Waals surface area (Å²) in [6.07, 6.45) is 5.12. The van der Waals surface area contributed by atoms with Crippen LogP contribution in [0.25, 0.3) is 6.08 Å². The first-order valence-electron chi connectivity index (χ1n) is 8.99. The highest BCUT2D eigenvalue weighted by Crippen LogP contribution is 2.31. The van der Waals surface area contributed by atoms with Gasteiger partial charge in [-0.1, -0.05) is 29.8 Å². The van der Waals surface area contributed by atoms with Crippen LogP contribution in [0, 0.1) is 0 Å². The number of carbonyl (C=O) groups excluding carboxylic acids is 1. The second-order valence-corrected chi connectivity index (χ2v) is 6.92. The topological polar surface area (TPSA) is 62.8 Å². The number of benzene rings is 2. The summed E-state index contributed by atoms with van der Waals surface area (Å²) in [5.74, 6) is 1.88. The van der Waals surface area contributed by atoms with Gasteiger partial charge in [0, 0.05) is 23.8 Å². The van der Waals surface area contributed by atoms with Gasteiger partial charge in [-0.25, -0.2) is 0 Å². The quantitative estimate of drug-likeness (QED) is 0.759. The molecular formula is C21H20ClN3O3. The number of amides is 1. The highest BCUT2D eigenvalue weighted by Gasteiger charge is 2.14. The number of rotatable bonds is 5. The monoisotopic (exact) mass is 397 g/mol. The molecule has 0 aliphatic carbocycles. The van der Waals surface area contributed by atoms with Crippen molar-refractivity contribution in [3.63, 3.8) is 0 Å². The second kappa shape index (κ2) is 8.27. The van der Waals surface area contributed by atoms with Gasteiger partial charge in [0.1, 0.15) is 19.0 Å². The van der Waals surface area contributed by atoms with Crippen LogP contribution in [0.2, 0.25) is 5.02 Å². The summed E-state index contributed by atoms with van der Waals surface area (Å²) in [5, 5.41) is 6.72. The number of fused-ring (bicyclic) bond motifs is 1. The van der Waals surface area contributed by atoms with E-state index in [1.54, 1.807) is 6.08 Å². The third-order valence-electron chi connectivity index (χ3n) is 4.31. The molecule has 6 nitrogen and oxygen atoms in total. The molecule has 0 saturated carbocycles. The number of halogens is 1. The molecule has 2 aromatic rings. The van der Waals surface area contributed by atoms with Gasteiger partial charge in [-0.2, -0.15) is 0 Å². The standard InChI is InChI=1S/C21H20ClN3O3/c22-17-3-1-2-16(10-17)12-25-13-20(23-14-25)24-21(26)7-5-15-4-6-18-19(11-15)28-9-8-27-18/h1-7,10-11,13,23H,8-9,12,14H2,(H,24,26)/b7-5+. The lowest BCUT2D eigenvalue weighted by atomic mass is 10.2. The van der Waals surface area contributed by atoms with Crippen LogP contribution in [0.3, 0.4) is 0 Å². The van der Waals surface area contributed by atoms with Crippen molar-refractivity contribution in [2.75, 3.05) is 19.9 Å². The van der Waals surface area contributed by atoms with Gasteiger partial charge in [-0.3, -0.25) is 4.79 Å². The van der Waals surface area contributed by atoms with E-state index in [9.17, 15) is 4.79 Å². The minimum Gasteiger partial charge on any atom is -0.486 e. The van der Waals surface area contributed by atoms with Gasteiger partial charge in [0.25, 0.3) is 0 Å². The summed E-state index contributed by atoms with van der Waals surface area (Å²) in [7, 11) is 0. The maximum Gasteiger partial charge on any atom is 0.249 e. The molecule has 0 atom stereocenters. The first-order chi connectivity index (χ1) is 13.7. The van der Waals surface area contributed by atoms with Crippen LogP contribution in [0.1, 0.15) is 11.1 Å². The number of ether oxygens (including phenoxy) is 2. The molecule has 0 saturated heterocycles. The first-order valence-corrected chi connectivity index (χ1v) is 9.36. The summed E-state index contributed by atoms with van der Waals surface area (Å²) in [4.78, 5) is 14.3. The summed E-state index contributed by atoms with van der Waals surface area (Å²) < 4.78 is 11.0. The van der Waals surface area contributed by atoms with E-state index in [0.29, 0.717) is 43.0 Å². The van der Waals surface area contributed by atoms with Crippen LogP contribution in [-0.2, 0) is 11.3 Å². The molecule has 2 aliphatic heterocycles. The van der Waals surface area contributed by atoms with Gasteiger partial charge < -0.3 is 25.0 Å². The van der Waals surface area contributed by atoms with Crippen molar-refractivity contribution in [1.29, 1.82) is 0 Å². The Morgan fingerprint density at radius 1 is 1.18 bits per heavy atom. The predicted octanol–water partition coefficient (Wildman–Crippen LogP) is 3.10. The third-order valence-corrected chi connectivity index (χ3v) is 4.55. The zero-order valence-electron chi connectivity index (χ0n) is 15.2. The molecule has 1 amide bonds. The van der Waals surface area contributed by atoms with E-state index in [1.165, 1.54) is 6.08 Å². The molecule has 0 aromatic heterocycles. The third kappa shape index (κ3) is 4.58. The molecule has 2 aliphatic rings. The average molecular weight is 398 g/mol. The maximum absolute atomic E-state index is 12.2. The molecule has 144 valence electrons. The zero-order chi connectivity index (χ0) is 19.3. The molecule has 2 aromatic carbocycles. The van der Waals surface area contributed by atoms with Crippen molar-refractivity contribution in [2.24, 2.45) is 0 Å². The summed E-state index contributed by atoms with van der Waals surface area (Å²) >= 11 is 6.02. The summed E-state index contributed by atoms with van der Waals surface area (Å²) in [6, 6.07) is 13.3. The summed E-state index contributed by atoms with van der Waals surface area (Å²) in [5.41, 5.74) is 1.98. The van der Waals surface area contributed by atoms with E-state index in [0.717, 1.165) is 16.9 Å². The van der Waals surface area contributed by atoms with E-state index in [2.05, 4.69) is 15.5 Å². The summed E-state index contributed by atoms with van der Waals surface area (Å²) in [6.45, 7) is 2.42. The van der Waals surface area contributed by atoms with E-state index in [1.807, 2.05) is 48.7 Å². The molecular weight excluding hydrogens is 378 g/mol. The van der Waals surface area contributed by atoms with E-state index >= 15 is 0 Å². The number of hydrogen-bond donors (Lipinski definition) is 2. The molecule has 2 heterocycles. The van der Waals surface area contributed by atoms with Crippen molar-refractivity contribution in [3.8, 4) is 11.5 Å². The van der Waals surface area contributed by atoms with Crippen LogP contribution in [0.15, 0.2) is 60.6 Å². The fourth-order valence-corrected chi connectivity index (χ4v) is 3.23. The van der Waals surface area contributed by atoms with Gasteiger partial charge >= 0.3 is 0 Å². The SMILES string of the molecule is O=C(/C=C/c1ccc2c(c1)OCCO2)NC1=CN(Cc2cccc(Cl)c2)CN1. The van der Waals surface area contributed by atoms with Gasteiger partial charge in [0.05, 0.1) is 6.67 Å². The minimum absolute atomic E-state index is 0.210. The molecule has 7 heteroatoms. The highest BCUT2D eigenvalue weighted by atomic mass is 35.5. The number of nitrogens with one attached hydrogen (secondary N) is 2. The smallest absolute Gasteiger partial charge is 0.249 e. The number of nitrogens with zero attached hydrogens (tertiary/aromatic N) is 1. The Morgan fingerprint density at radius 3 is 2.89 bits per heavy atom. The van der Waals surface area contributed by atoms with Gasteiger partial charge in [-0.15, -0.1) is 0 Å². The fourth-order valence-electron chi connectivity index (χ4n) is 3.02. The maximum atomic E-state index is 12.2. The molecule has 2 N–H and O–H groups in total. The van der Waals surface area contributed by atoms with E-state index in [4.69, 9.17) is 21.1 Å². The van der Waals surface area contributed by atoms with Crippen molar-refractivity contribution in [3.05, 3.63) is 76.7 Å². The Labute approximate surface area is 168 Å². The first kappa shape index (κ1) is 18.3. The predicted molar refractivity (Wildman–Crippen MR) is 108 cm³/mol. The Bertz CT molecular complexity index is 942. The molecule has 0 fully saturated rings. The zero-order valence-corrected chi connectivity index (χ0v) is 15.9. The number of carbonyl (C=O) groups is 1. The molecule has 0 radical (unpaired) electrons. The van der Waals surface area contributed by atoms with Crippen LogP contribution in [0.4, 0.5) is 0 Å². The van der Waals surface area contributed by atoms with Crippen LogP contribution in [0.5, 0.6) is 11.5 Å². The molecule has 0 spiro atoms. The largest absolute Gasteiger partial charge is 0.486 e. The number of hydrogen-bond acceptors (Lipinski definition) is 5. The molecule has 28 heavy (non-hydrogen) atoms. The van der Waals surface area contributed by atoms with Crippen molar-refractivity contribution in [1.82, 2.24) is 15.5 Å². The van der Waals surface area contributed by atoms with Crippen molar-refractivity contribution in [2.45, 2.75) is 6.54 Å². The Balaban J connectivity index is 1.33.